The Hall–Kier alpha value is -0.0400. The van der Waals surface area contributed by atoms with Crippen LogP contribution in [0, 0.1) is 11.8 Å². The summed E-state index contributed by atoms with van der Waals surface area (Å²) in [4.78, 5) is 0. The van der Waals surface area contributed by atoms with Gasteiger partial charge in [-0.05, 0) is 43.9 Å². The summed E-state index contributed by atoms with van der Waals surface area (Å²) in [6, 6.07) is 0. The van der Waals surface area contributed by atoms with Crippen molar-refractivity contribution in [3.63, 3.8) is 0 Å². The molecule has 0 bridgehead atoms. The maximum Gasteiger partial charge on any atom is 0.0183 e. The van der Waals surface area contributed by atoms with E-state index in [1.165, 1.54) is 44.9 Å². The molecule has 2 unspecified atom stereocenters. The number of hydrogen-bond donors (Lipinski definition) is 1. The Morgan fingerprint density at radius 2 is 2.00 bits per heavy atom. The lowest BCUT2D eigenvalue weighted by atomic mass is 9.63. The Morgan fingerprint density at radius 3 is 2.83 bits per heavy atom. The van der Waals surface area contributed by atoms with Gasteiger partial charge in [0.2, 0.25) is 0 Å². The SMILES string of the molecule is CC1CC[C@]2(N)CCCCC2C1. The van der Waals surface area contributed by atoms with Gasteiger partial charge in [-0.2, -0.15) is 0 Å². The average molecular weight is 167 g/mol. The summed E-state index contributed by atoms with van der Waals surface area (Å²) in [6.45, 7) is 2.38. The van der Waals surface area contributed by atoms with Crippen LogP contribution in [-0.4, -0.2) is 5.54 Å². The molecule has 0 aromatic rings. The maximum atomic E-state index is 6.43. The monoisotopic (exact) mass is 167 g/mol. The first-order valence-electron chi connectivity index (χ1n) is 5.49. The van der Waals surface area contributed by atoms with Crippen molar-refractivity contribution in [2.45, 2.75) is 57.4 Å². The van der Waals surface area contributed by atoms with E-state index in [2.05, 4.69) is 6.92 Å². The van der Waals surface area contributed by atoms with Crippen LogP contribution in [0.4, 0.5) is 0 Å². The van der Waals surface area contributed by atoms with Gasteiger partial charge < -0.3 is 5.73 Å². The number of rotatable bonds is 0. The minimum Gasteiger partial charge on any atom is -0.325 e. The molecule has 70 valence electrons. The van der Waals surface area contributed by atoms with Crippen molar-refractivity contribution in [2.24, 2.45) is 17.6 Å². The molecular weight excluding hydrogens is 146 g/mol. The predicted octanol–water partition coefficient (Wildman–Crippen LogP) is 2.69. The van der Waals surface area contributed by atoms with E-state index in [0.717, 1.165) is 11.8 Å². The molecule has 2 aliphatic rings. The fraction of sp³-hybridized carbons (Fsp3) is 1.00. The standard InChI is InChI=1S/C11H21N/c1-9-5-7-11(12)6-3-2-4-10(11)8-9/h9-10H,2-8,12H2,1H3/t9?,10?,11-/m1/s1. The molecule has 12 heavy (non-hydrogen) atoms. The Bertz CT molecular complexity index is 166. The molecule has 2 rings (SSSR count). The number of nitrogens with two attached hydrogens (primary N) is 1. The van der Waals surface area contributed by atoms with Gasteiger partial charge in [-0.15, -0.1) is 0 Å². The molecule has 0 aliphatic heterocycles. The Balaban J connectivity index is 2.06. The molecule has 0 aromatic heterocycles. The van der Waals surface area contributed by atoms with E-state index in [4.69, 9.17) is 5.73 Å². The lowest BCUT2D eigenvalue weighted by Crippen LogP contribution is -2.52. The first kappa shape index (κ1) is 8.55. The van der Waals surface area contributed by atoms with Gasteiger partial charge in [0.1, 0.15) is 0 Å². The Morgan fingerprint density at radius 1 is 1.17 bits per heavy atom. The van der Waals surface area contributed by atoms with E-state index in [1.807, 2.05) is 0 Å². The molecule has 2 saturated carbocycles. The van der Waals surface area contributed by atoms with Crippen LogP contribution < -0.4 is 5.73 Å². The van der Waals surface area contributed by atoms with Gasteiger partial charge in [-0.25, -0.2) is 0 Å². The van der Waals surface area contributed by atoms with E-state index in [-0.39, 0.29) is 5.54 Å². The minimum absolute atomic E-state index is 0.255. The Kier molecular flexibility index (Phi) is 2.16. The fourth-order valence-corrected chi connectivity index (χ4v) is 3.14. The molecule has 2 N–H and O–H groups in total. The van der Waals surface area contributed by atoms with Gasteiger partial charge >= 0.3 is 0 Å². The van der Waals surface area contributed by atoms with Crippen LogP contribution in [0.25, 0.3) is 0 Å². The normalized spacial score (nSPS) is 48.5. The molecule has 0 amide bonds. The lowest BCUT2D eigenvalue weighted by molar-refractivity contribution is 0.102. The molecule has 0 saturated heterocycles. The zero-order chi connectivity index (χ0) is 8.60. The van der Waals surface area contributed by atoms with E-state index in [1.54, 1.807) is 0 Å². The van der Waals surface area contributed by atoms with Crippen molar-refractivity contribution >= 4 is 0 Å². The van der Waals surface area contributed by atoms with Crippen LogP contribution in [0.5, 0.6) is 0 Å². The van der Waals surface area contributed by atoms with Gasteiger partial charge in [-0.1, -0.05) is 19.8 Å². The number of hydrogen-bond acceptors (Lipinski definition) is 1. The number of fused-ring (bicyclic) bond motifs is 1. The van der Waals surface area contributed by atoms with Crippen LogP contribution in [0.15, 0.2) is 0 Å². The summed E-state index contributed by atoms with van der Waals surface area (Å²) in [7, 11) is 0. The van der Waals surface area contributed by atoms with Crippen molar-refractivity contribution < 1.29 is 0 Å². The van der Waals surface area contributed by atoms with Crippen LogP contribution in [-0.2, 0) is 0 Å². The highest BCUT2D eigenvalue weighted by atomic mass is 14.8. The largest absolute Gasteiger partial charge is 0.325 e. The van der Waals surface area contributed by atoms with E-state index in [0.29, 0.717) is 0 Å². The van der Waals surface area contributed by atoms with E-state index < -0.39 is 0 Å². The summed E-state index contributed by atoms with van der Waals surface area (Å²) >= 11 is 0. The van der Waals surface area contributed by atoms with Crippen molar-refractivity contribution in [1.82, 2.24) is 0 Å². The molecule has 1 heteroatoms. The molecule has 0 heterocycles. The first-order chi connectivity index (χ1) is 5.71. The van der Waals surface area contributed by atoms with E-state index in [9.17, 15) is 0 Å². The van der Waals surface area contributed by atoms with Crippen LogP contribution in [0.3, 0.4) is 0 Å². The van der Waals surface area contributed by atoms with Crippen molar-refractivity contribution in [1.29, 1.82) is 0 Å². The fourth-order valence-electron chi connectivity index (χ4n) is 3.14. The van der Waals surface area contributed by atoms with Gasteiger partial charge in [0.25, 0.3) is 0 Å². The smallest absolute Gasteiger partial charge is 0.0183 e. The van der Waals surface area contributed by atoms with Crippen LogP contribution >= 0.6 is 0 Å². The summed E-state index contributed by atoms with van der Waals surface area (Å²) in [5.74, 6) is 1.79. The molecule has 2 fully saturated rings. The highest BCUT2D eigenvalue weighted by Crippen LogP contribution is 2.43. The quantitative estimate of drug-likeness (QED) is 0.590. The molecule has 1 nitrogen and oxygen atoms in total. The molecular formula is C11H21N. The van der Waals surface area contributed by atoms with Gasteiger partial charge in [0.15, 0.2) is 0 Å². The predicted molar refractivity (Wildman–Crippen MR) is 51.9 cm³/mol. The second-order valence-corrected chi connectivity index (χ2v) is 5.06. The van der Waals surface area contributed by atoms with Crippen molar-refractivity contribution in [3.05, 3.63) is 0 Å². The minimum atomic E-state index is 0.255. The lowest BCUT2D eigenvalue weighted by Gasteiger charge is -2.46. The molecule has 0 radical (unpaired) electrons. The molecule has 0 aromatic carbocycles. The second-order valence-electron chi connectivity index (χ2n) is 5.06. The topological polar surface area (TPSA) is 26.0 Å². The summed E-state index contributed by atoms with van der Waals surface area (Å²) in [5, 5.41) is 0. The van der Waals surface area contributed by atoms with Crippen molar-refractivity contribution in [2.75, 3.05) is 0 Å². The summed E-state index contributed by atoms with van der Waals surface area (Å²) in [5.41, 5.74) is 6.68. The van der Waals surface area contributed by atoms with E-state index >= 15 is 0 Å². The van der Waals surface area contributed by atoms with Gasteiger partial charge in [0.05, 0.1) is 0 Å². The first-order valence-corrected chi connectivity index (χ1v) is 5.49. The molecule has 0 spiro atoms. The third-order valence-corrected chi connectivity index (χ3v) is 4.05. The van der Waals surface area contributed by atoms with Crippen LogP contribution in [0.2, 0.25) is 0 Å². The highest BCUT2D eigenvalue weighted by Gasteiger charge is 2.40. The van der Waals surface area contributed by atoms with Gasteiger partial charge in [-0.3, -0.25) is 0 Å². The molecule has 2 aliphatic carbocycles. The van der Waals surface area contributed by atoms with Gasteiger partial charge in [0, 0.05) is 5.54 Å². The highest BCUT2D eigenvalue weighted by molar-refractivity contribution is 4.97. The maximum absolute atomic E-state index is 6.43. The van der Waals surface area contributed by atoms with Crippen LogP contribution in [0.1, 0.15) is 51.9 Å². The average Bonchev–Trinajstić information content (AvgIpc) is 2.06. The zero-order valence-electron chi connectivity index (χ0n) is 8.18. The zero-order valence-corrected chi connectivity index (χ0v) is 8.18. The Labute approximate surface area is 75.7 Å². The molecule has 3 atom stereocenters. The van der Waals surface area contributed by atoms with Crippen molar-refractivity contribution in [3.8, 4) is 0 Å². The second kappa shape index (κ2) is 3.02. The summed E-state index contributed by atoms with van der Waals surface area (Å²) < 4.78 is 0. The third kappa shape index (κ3) is 1.39. The summed E-state index contributed by atoms with van der Waals surface area (Å²) in [6.07, 6.45) is 9.56. The third-order valence-electron chi connectivity index (χ3n) is 4.05.